The standard InChI is InChI=1S/C27H28Cl3N3O4S/c1-4-31-27(35)19(3)32(16-20-13-14-23(29)24(30)15-20)26(34)17-33(25-12-8-11-22(28)18(25)2)38(36,37)21-9-6-5-7-10-21/h5-15,19H,4,16-17H2,1-3H3,(H,31,35). The highest BCUT2D eigenvalue weighted by molar-refractivity contribution is 7.92. The molecule has 0 bridgehead atoms. The van der Waals surface area contributed by atoms with Crippen molar-refractivity contribution in [3.05, 3.63) is 92.9 Å². The molecule has 38 heavy (non-hydrogen) atoms. The Labute approximate surface area is 238 Å². The van der Waals surface area contributed by atoms with E-state index >= 15 is 0 Å². The summed E-state index contributed by atoms with van der Waals surface area (Å²) in [5.74, 6) is -0.967. The number of carbonyl (C=O) groups excluding carboxylic acids is 2. The highest BCUT2D eigenvalue weighted by atomic mass is 35.5. The zero-order valence-electron chi connectivity index (χ0n) is 21.1. The van der Waals surface area contributed by atoms with Crippen LogP contribution in [0.1, 0.15) is 25.0 Å². The van der Waals surface area contributed by atoms with Crippen LogP contribution in [0.5, 0.6) is 0 Å². The Kier molecular flexibility index (Phi) is 10.1. The number of carbonyl (C=O) groups is 2. The molecule has 0 heterocycles. The summed E-state index contributed by atoms with van der Waals surface area (Å²) in [6.07, 6.45) is 0. The predicted molar refractivity (Wildman–Crippen MR) is 152 cm³/mol. The summed E-state index contributed by atoms with van der Waals surface area (Å²) in [6.45, 7) is 4.84. The highest BCUT2D eigenvalue weighted by Gasteiger charge is 2.33. The van der Waals surface area contributed by atoms with Gasteiger partial charge >= 0.3 is 0 Å². The average Bonchev–Trinajstić information content (AvgIpc) is 2.89. The number of anilines is 1. The molecule has 0 spiro atoms. The third kappa shape index (κ3) is 6.80. The number of likely N-dealkylation sites (N-methyl/N-ethyl adjacent to an activating group) is 1. The minimum absolute atomic E-state index is 0.00176. The van der Waals surface area contributed by atoms with Crippen molar-refractivity contribution in [2.45, 2.75) is 38.3 Å². The molecule has 3 rings (SSSR count). The number of halogens is 3. The van der Waals surface area contributed by atoms with Crippen LogP contribution in [0.25, 0.3) is 0 Å². The van der Waals surface area contributed by atoms with Gasteiger partial charge in [-0.25, -0.2) is 8.42 Å². The van der Waals surface area contributed by atoms with Crippen LogP contribution in [0.15, 0.2) is 71.6 Å². The normalized spacial score (nSPS) is 12.1. The van der Waals surface area contributed by atoms with E-state index in [9.17, 15) is 18.0 Å². The zero-order valence-corrected chi connectivity index (χ0v) is 24.2. The highest BCUT2D eigenvalue weighted by Crippen LogP contribution is 2.31. The van der Waals surface area contributed by atoms with E-state index in [4.69, 9.17) is 34.8 Å². The van der Waals surface area contributed by atoms with Gasteiger partial charge in [-0.15, -0.1) is 0 Å². The van der Waals surface area contributed by atoms with E-state index in [1.165, 1.54) is 17.0 Å². The molecule has 3 aromatic carbocycles. The maximum Gasteiger partial charge on any atom is 0.264 e. The number of hydrogen-bond donors (Lipinski definition) is 1. The molecule has 0 saturated carbocycles. The zero-order chi connectivity index (χ0) is 28.0. The number of nitrogens with zero attached hydrogens (tertiary/aromatic N) is 2. The van der Waals surface area contributed by atoms with Crippen LogP contribution in [0.4, 0.5) is 5.69 Å². The van der Waals surface area contributed by atoms with E-state index < -0.39 is 28.5 Å². The van der Waals surface area contributed by atoms with Gasteiger partial charge in [0.2, 0.25) is 11.8 Å². The lowest BCUT2D eigenvalue weighted by Gasteiger charge is -2.32. The lowest BCUT2D eigenvalue weighted by atomic mass is 10.1. The van der Waals surface area contributed by atoms with Gasteiger partial charge in [-0.05, 0) is 68.3 Å². The van der Waals surface area contributed by atoms with Crippen LogP contribution in [-0.4, -0.2) is 44.3 Å². The fourth-order valence-electron chi connectivity index (χ4n) is 3.84. The summed E-state index contributed by atoms with van der Waals surface area (Å²) in [4.78, 5) is 28.0. The maximum absolute atomic E-state index is 13.9. The average molecular weight is 597 g/mol. The summed E-state index contributed by atoms with van der Waals surface area (Å²) in [5, 5.41) is 3.71. The molecule has 2 amide bonds. The number of amides is 2. The molecule has 1 unspecified atom stereocenters. The first kappa shape index (κ1) is 29.8. The van der Waals surface area contributed by atoms with Crippen molar-refractivity contribution in [2.75, 3.05) is 17.4 Å². The van der Waals surface area contributed by atoms with Gasteiger partial charge in [0.1, 0.15) is 12.6 Å². The molecule has 0 radical (unpaired) electrons. The third-order valence-corrected chi connectivity index (χ3v) is 8.90. The number of sulfonamides is 1. The summed E-state index contributed by atoms with van der Waals surface area (Å²) in [6, 6.07) is 16.7. The Bertz CT molecular complexity index is 1420. The Morgan fingerprint density at radius 1 is 0.921 bits per heavy atom. The van der Waals surface area contributed by atoms with Crippen molar-refractivity contribution in [2.24, 2.45) is 0 Å². The van der Waals surface area contributed by atoms with Crippen LogP contribution in [-0.2, 0) is 26.2 Å². The predicted octanol–water partition coefficient (Wildman–Crippen LogP) is 5.70. The Morgan fingerprint density at radius 2 is 1.61 bits per heavy atom. The molecule has 202 valence electrons. The molecule has 7 nitrogen and oxygen atoms in total. The van der Waals surface area contributed by atoms with Gasteiger partial charge in [-0.1, -0.05) is 65.1 Å². The first-order valence-corrected chi connectivity index (χ1v) is 14.4. The molecular formula is C27H28Cl3N3O4S. The Hall–Kier alpha value is -2.78. The Morgan fingerprint density at radius 3 is 2.24 bits per heavy atom. The lowest BCUT2D eigenvalue weighted by molar-refractivity contribution is -0.139. The molecule has 1 N–H and O–H groups in total. The summed E-state index contributed by atoms with van der Waals surface area (Å²) in [5.41, 5.74) is 1.38. The molecule has 1 atom stereocenters. The SMILES string of the molecule is CCNC(=O)C(C)N(Cc1ccc(Cl)c(Cl)c1)C(=O)CN(c1cccc(Cl)c1C)S(=O)(=O)c1ccccc1. The molecule has 0 fully saturated rings. The fraction of sp³-hybridized carbons (Fsp3) is 0.259. The monoisotopic (exact) mass is 595 g/mol. The largest absolute Gasteiger partial charge is 0.355 e. The number of hydrogen-bond acceptors (Lipinski definition) is 4. The van der Waals surface area contributed by atoms with Crippen LogP contribution < -0.4 is 9.62 Å². The maximum atomic E-state index is 13.9. The molecular weight excluding hydrogens is 569 g/mol. The summed E-state index contributed by atoms with van der Waals surface area (Å²) < 4.78 is 28.6. The van der Waals surface area contributed by atoms with Crippen LogP contribution in [0.3, 0.4) is 0 Å². The van der Waals surface area contributed by atoms with Gasteiger partial charge < -0.3 is 10.2 Å². The van der Waals surface area contributed by atoms with Crippen molar-refractivity contribution in [1.82, 2.24) is 10.2 Å². The van der Waals surface area contributed by atoms with E-state index in [-0.39, 0.29) is 23.0 Å². The van der Waals surface area contributed by atoms with Crippen molar-refractivity contribution in [1.29, 1.82) is 0 Å². The van der Waals surface area contributed by atoms with E-state index in [2.05, 4.69) is 5.32 Å². The number of benzene rings is 3. The smallest absolute Gasteiger partial charge is 0.264 e. The Balaban J connectivity index is 2.07. The van der Waals surface area contributed by atoms with Gasteiger partial charge in [0, 0.05) is 18.1 Å². The second kappa shape index (κ2) is 12.8. The summed E-state index contributed by atoms with van der Waals surface area (Å²) in [7, 11) is -4.18. The fourth-order valence-corrected chi connectivity index (χ4v) is 5.82. The molecule has 0 aliphatic carbocycles. The third-order valence-electron chi connectivity index (χ3n) is 5.97. The van der Waals surface area contributed by atoms with Gasteiger partial charge in [0.05, 0.1) is 20.6 Å². The minimum Gasteiger partial charge on any atom is -0.355 e. The molecule has 0 saturated heterocycles. The van der Waals surface area contributed by atoms with Crippen molar-refractivity contribution in [3.8, 4) is 0 Å². The lowest BCUT2D eigenvalue weighted by Crippen LogP contribution is -2.51. The second-order valence-electron chi connectivity index (χ2n) is 8.55. The number of nitrogens with one attached hydrogen (secondary N) is 1. The van der Waals surface area contributed by atoms with Gasteiger partial charge in [0.15, 0.2) is 0 Å². The molecule has 0 aliphatic rings. The van der Waals surface area contributed by atoms with Crippen molar-refractivity contribution >= 4 is 62.3 Å². The van der Waals surface area contributed by atoms with Crippen LogP contribution in [0, 0.1) is 6.92 Å². The molecule has 0 aliphatic heterocycles. The second-order valence-corrected chi connectivity index (χ2v) is 11.6. The molecule has 0 aromatic heterocycles. The van der Waals surface area contributed by atoms with Gasteiger partial charge in [-0.2, -0.15) is 0 Å². The summed E-state index contributed by atoms with van der Waals surface area (Å²) >= 11 is 18.5. The number of rotatable bonds is 10. The minimum atomic E-state index is -4.18. The topological polar surface area (TPSA) is 86.8 Å². The van der Waals surface area contributed by atoms with E-state index in [0.717, 1.165) is 4.31 Å². The van der Waals surface area contributed by atoms with Crippen molar-refractivity contribution < 1.29 is 18.0 Å². The molecule has 3 aromatic rings. The van der Waals surface area contributed by atoms with Crippen molar-refractivity contribution in [3.63, 3.8) is 0 Å². The van der Waals surface area contributed by atoms with Crippen LogP contribution in [0.2, 0.25) is 15.1 Å². The first-order chi connectivity index (χ1) is 18.0. The van der Waals surface area contributed by atoms with E-state index in [1.54, 1.807) is 75.4 Å². The quantitative estimate of drug-likeness (QED) is 0.325. The van der Waals surface area contributed by atoms with Crippen LogP contribution >= 0.6 is 34.8 Å². The first-order valence-electron chi connectivity index (χ1n) is 11.8. The molecule has 11 heteroatoms. The van der Waals surface area contributed by atoms with E-state index in [0.29, 0.717) is 32.7 Å². The van der Waals surface area contributed by atoms with Gasteiger partial charge in [-0.3, -0.25) is 13.9 Å². The van der Waals surface area contributed by atoms with Gasteiger partial charge in [0.25, 0.3) is 10.0 Å². The van der Waals surface area contributed by atoms with E-state index in [1.807, 2.05) is 0 Å².